The van der Waals surface area contributed by atoms with E-state index in [2.05, 4.69) is 0 Å². The maximum Gasteiger partial charge on any atom is 0.330 e. The summed E-state index contributed by atoms with van der Waals surface area (Å²) in [6.45, 7) is -0.0217. The van der Waals surface area contributed by atoms with Crippen molar-refractivity contribution in [2.45, 2.75) is 13.2 Å². The van der Waals surface area contributed by atoms with Crippen LogP contribution in [0, 0.1) is 11.2 Å². The van der Waals surface area contributed by atoms with Crippen molar-refractivity contribution in [3.63, 3.8) is 0 Å². The van der Waals surface area contributed by atoms with Crippen LogP contribution in [0.5, 0.6) is 0 Å². The maximum atomic E-state index is 13.0. The quantitative estimate of drug-likeness (QED) is 0.508. The Kier molecular flexibility index (Phi) is 3.67. The minimum atomic E-state index is -2.12. The molecule has 1 heterocycles. The average molecular weight is 262 g/mol. The fraction of sp³-hybridized carbons (Fsp3) is 0.444. The molecule has 8 nitrogen and oxygen atoms in total. The van der Waals surface area contributed by atoms with Crippen molar-refractivity contribution >= 4 is 5.97 Å². The second-order valence-electron chi connectivity index (χ2n) is 3.90. The van der Waals surface area contributed by atoms with Gasteiger partial charge in [-0.15, -0.1) is 0 Å². The molecule has 0 spiro atoms. The van der Waals surface area contributed by atoms with Crippen LogP contribution in [-0.2, 0) is 4.79 Å². The number of nitrogens with zero attached hydrogens (tertiary/aromatic N) is 1. The highest BCUT2D eigenvalue weighted by molar-refractivity contribution is 5.74. The summed E-state index contributed by atoms with van der Waals surface area (Å²) >= 11 is 0. The van der Waals surface area contributed by atoms with E-state index in [4.69, 9.17) is 10.2 Å². The van der Waals surface area contributed by atoms with Crippen molar-refractivity contribution in [1.29, 1.82) is 0 Å². The van der Waals surface area contributed by atoms with Crippen molar-refractivity contribution in [2.75, 3.05) is 6.61 Å². The monoisotopic (exact) mass is 262 g/mol. The number of halogens is 1. The summed E-state index contributed by atoms with van der Waals surface area (Å²) in [6.07, 6.45) is -1.67. The Morgan fingerprint density at radius 3 is 2.61 bits per heavy atom. The second-order valence-corrected chi connectivity index (χ2v) is 3.90. The van der Waals surface area contributed by atoms with E-state index in [0.717, 1.165) is 6.92 Å². The Bertz CT molecular complexity index is 579. The van der Waals surface area contributed by atoms with Gasteiger partial charge in [-0.1, -0.05) is 0 Å². The Morgan fingerprint density at radius 1 is 1.61 bits per heavy atom. The summed E-state index contributed by atoms with van der Waals surface area (Å²) in [4.78, 5) is 34.6. The Balaban J connectivity index is 3.39. The first-order valence-corrected chi connectivity index (χ1v) is 4.77. The van der Waals surface area contributed by atoms with Gasteiger partial charge in [0.2, 0.25) is 5.82 Å². The predicted molar refractivity (Wildman–Crippen MR) is 55.4 cm³/mol. The smallest absolute Gasteiger partial charge is 0.330 e. The Labute approximate surface area is 98.9 Å². The van der Waals surface area contributed by atoms with E-state index in [9.17, 15) is 23.9 Å². The van der Waals surface area contributed by atoms with Crippen LogP contribution in [-0.4, -0.2) is 37.4 Å². The van der Waals surface area contributed by atoms with Crippen molar-refractivity contribution in [2.24, 2.45) is 5.41 Å². The van der Waals surface area contributed by atoms with E-state index in [1.165, 1.54) is 0 Å². The Hall–Kier alpha value is -2.00. The number of aromatic nitrogens is 2. The first-order chi connectivity index (χ1) is 8.24. The van der Waals surface area contributed by atoms with Crippen LogP contribution >= 0.6 is 0 Å². The van der Waals surface area contributed by atoms with Crippen molar-refractivity contribution < 1.29 is 24.5 Å². The number of aliphatic hydroxyl groups excluding tert-OH is 2. The number of nitrogens with one attached hydrogen (secondary N) is 1. The fourth-order valence-corrected chi connectivity index (χ4v) is 1.21. The van der Waals surface area contributed by atoms with Gasteiger partial charge in [0.1, 0.15) is 5.41 Å². The van der Waals surface area contributed by atoms with Gasteiger partial charge < -0.3 is 15.3 Å². The summed E-state index contributed by atoms with van der Waals surface area (Å²) in [7, 11) is 0. The predicted octanol–water partition coefficient (Wildman–Crippen LogP) is -1.75. The summed E-state index contributed by atoms with van der Waals surface area (Å²) in [5.41, 5.74) is -4.59. The van der Waals surface area contributed by atoms with Crippen molar-refractivity contribution in [3.05, 3.63) is 32.9 Å². The van der Waals surface area contributed by atoms with Gasteiger partial charge in [-0.05, 0) is 6.92 Å². The summed E-state index contributed by atoms with van der Waals surface area (Å²) < 4.78 is 13.3. The van der Waals surface area contributed by atoms with E-state index in [0.29, 0.717) is 10.8 Å². The average Bonchev–Trinajstić information content (AvgIpc) is 2.31. The molecule has 1 aromatic rings. The lowest BCUT2D eigenvalue weighted by Crippen LogP contribution is -2.45. The molecular weight excluding hydrogens is 251 g/mol. The first-order valence-electron chi connectivity index (χ1n) is 4.77. The van der Waals surface area contributed by atoms with Gasteiger partial charge in [0, 0.05) is 0 Å². The molecule has 0 bridgehead atoms. The van der Waals surface area contributed by atoms with Crippen molar-refractivity contribution in [3.8, 4) is 0 Å². The number of carboxylic acids is 1. The van der Waals surface area contributed by atoms with Crippen molar-refractivity contribution in [1.82, 2.24) is 9.55 Å². The number of carboxylic acid groups (broad SMARTS) is 1. The molecule has 0 saturated heterocycles. The second kappa shape index (κ2) is 4.70. The molecule has 0 aliphatic carbocycles. The summed E-state index contributed by atoms with van der Waals surface area (Å²) in [5, 5.41) is 27.6. The fourth-order valence-electron chi connectivity index (χ4n) is 1.21. The molecule has 0 saturated carbocycles. The van der Waals surface area contributed by atoms with E-state index < -0.39 is 41.3 Å². The van der Waals surface area contributed by atoms with E-state index in [-0.39, 0.29) is 0 Å². The maximum absolute atomic E-state index is 13.0. The van der Waals surface area contributed by atoms with Gasteiger partial charge in [-0.3, -0.25) is 19.1 Å². The number of aliphatic carboxylic acids is 1. The van der Waals surface area contributed by atoms with Gasteiger partial charge >= 0.3 is 11.7 Å². The molecule has 0 amide bonds. The molecule has 1 aromatic heterocycles. The van der Waals surface area contributed by atoms with E-state index in [1.54, 1.807) is 4.98 Å². The standard InChI is InChI=1S/C9H11FN2O6/c1-9(3-13,7(16)17)6(15)12-2-4(10)5(14)11-8(12)18/h2,6,13,15H,3H2,1H3,(H,16,17)(H,11,14,18). The number of carbonyl (C=O) groups is 1. The molecular formula is C9H11FN2O6. The van der Waals surface area contributed by atoms with Crippen LogP contribution in [0.2, 0.25) is 0 Å². The SMILES string of the molecule is CC(CO)(C(=O)O)C(O)n1cc(F)c(=O)[nH]c1=O. The Morgan fingerprint density at radius 2 is 2.17 bits per heavy atom. The van der Waals surface area contributed by atoms with Gasteiger partial charge in [0.25, 0.3) is 5.56 Å². The molecule has 18 heavy (non-hydrogen) atoms. The highest BCUT2D eigenvalue weighted by atomic mass is 19.1. The number of rotatable bonds is 4. The molecule has 2 atom stereocenters. The minimum absolute atomic E-state index is 0.293. The highest BCUT2D eigenvalue weighted by Crippen LogP contribution is 2.28. The molecule has 0 aliphatic rings. The lowest BCUT2D eigenvalue weighted by Gasteiger charge is -2.28. The molecule has 0 aromatic carbocycles. The van der Waals surface area contributed by atoms with Gasteiger partial charge in [-0.25, -0.2) is 4.79 Å². The third kappa shape index (κ3) is 2.17. The van der Waals surface area contributed by atoms with E-state index in [1.807, 2.05) is 0 Å². The third-order valence-electron chi connectivity index (χ3n) is 2.57. The molecule has 4 N–H and O–H groups in total. The number of hydrogen-bond donors (Lipinski definition) is 4. The lowest BCUT2D eigenvalue weighted by molar-refractivity contribution is -0.164. The van der Waals surface area contributed by atoms with Gasteiger partial charge in [0.15, 0.2) is 6.23 Å². The molecule has 9 heteroatoms. The molecule has 100 valence electrons. The van der Waals surface area contributed by atoms with Crippen LogP contribution in [0.15, 0.2) is 15.8 Å². The zero-order valence-corrected chi connectivity index (χ0v) is 9.25. The number of aromatic amines is 1. The number of aliphatic hydroxyl groups is 2. The third-order valence-corrected chi connectivity index (χ3v) is 2.57. The first kappa shape index (κ1) is 14.1. The summed E-state index contributed by atoms with van der Waals surface area (Å²) in [6, 6.07) is 0. The largest absolute Gasteiger partial charge is 0.481 e. The number of H-pyrrole nitrogens is 1. The zero-order valence-electron chi connectivity index (χ0n) is 9.25. The van der Waals surface area contributed by atoms with Gasteiger partial charge in [0.05, 0.1) is 12.8 Å². The summed E-state index contributed by atoms with van der Waals surface area (Å²) in [5.74, 6) is -2.95. The topological polar surface area (TPSA) is 133 Å². The molecule has 0 radical (unpaired) electrons. The van der Waals surface area contributed by atoms with Crippen LogP contribution in [0.25, 0.3) is 0 Å². The molecule has 2 unspecified atom stereocenters. The lowest BCUT2D eigenvalue weighted by atomic mass is 9.89. The molecule has 0 fully saturated rings. The normalized spacial score (nSPS) is 16.0. The molecule has 0 aliphatic heterocycles. The van der Waals surface area contributed by atoms with Crippen LogP contribution in [0.1, 0.15) is 13.2 Å². The van der Waals surface area contributed by atoms with Crippen LogP contribution < -0.4 is 11.2 Å². The molecule has 1 rings (SSSR count). The van der Waals surface area contributed by atoms with Gasteiger partial charge in [-0.2, -0.15) is 4.39 Å². The zero-order chi connectivity index (χ0) is 14.1. The van der Waals surface area contributed by atoms with E-state index >= 15 is 0 Å². The van der Waals surface area contributed by atoms with Crippen LogP contribution in [0.3, 0.4) is 0 Å². The minimum Gasteiger partial charge on any atom is -0.481 e. The van der Waals surface area contributed by atoms with Crippen LogP contribution in [0.4, 0.5) is 4.39 Å². The highest BCUT2D eigenvalue weighted by Gasteiger charge is 2.42. The number of hydrogen-bond acceptors (Lipinski definition) is 5.